The van der Waals surface area contributed by atoms with E-state index in [4.69, 9.17) is 20.9 Å². The third kappa shape index (κ3) is 13.6. The Kier molecular flexibility index (Phi) is 13.2. The molecule has 0 aliphatic carbocycles. The number of rotatable bonds is 13. The summed E-state index contributed by atoms with van der Waals surface area (Å²) in [5.41, 5.74) is 10.1. The van der Waals surface area contributed by atoms with Gasteiger partial charge in [-0.1, -0.05) is 0 Å². The second-order valence-corrected chi connectivity index (χ2v) is 7.87. The van der Waals surface area contributed by atoms with E-state index in [0.29, 0.717) is 45.2 Å². The molecule has 0 radical (unpaired) electrons. The molecule has 0 heterocycles. The third-order valence-electron chi connectivity index (χ3n) is 4.05. The first-order valence-corrected chi connectivity index (χ1v) is 10.1. The number of carbonyl (C=O) groups excluding carboxylic acids is 3. The lowest BCUT2D eigenvalue weighted by atomic mass is 10.1. The highest BCUT2D eigenvalue weighted by Gasteiger charge is 2.25. The summed E-state index contributed by atoms with van der Waals surface area (Å²) in [5.74, 6) is -0.694. The molecule has 0 saturated heterocycles. The SMILES string of the molecule is CNC(CCCCNC(=O)OC(C)(C)C)C(=O)NC(CCC[NH+]=C(N)N)C(=O)OC. The van der Waals surface area contributed by atoms with E-state index in [9.17, 15) is 14.4 Å². The molecule has 0 aliphatic rings. The number of alkyl carbamates (subject to hydrolysis) is 1. The van der Waals surface area contributed by atoms with Crippen LogP contribution in [0.1, 0.15) is 52.9 Å². The number of unbranched alkanes of at least 4 members (excludes halogenated alkanes) is 1. The predicted molar refractivity (Wildman–Crippen MR) is 113 cm³/mol. The summed E-state index contributed by atoms with van der Waals surface area (Å²) in [6.07, 6.45) is 2.43. The van der Waals surface area contributed by atoms with Gasteiger partial charge >= 0.3 is 18.0 Å². The maximum atomic E-state index is 12.5. The molecule has 0 fully saturated rings. The molecule has 2 amide bonds. The molecule has 11 nitrogen and oxygen atoms in total. The molecule has 0 aromatic rings. The summed E-state index contributed by atoms with van der Waals surface area (Å²) in [7, 11) is 2.96. The Hall–Kier alpha value is -2.56. The zero-order chi connectivity index (χ0) is 23.2. The summed E-state index contributed by atoms with van der Waals surface area (Å²) < 4.78 is 9.94. The largest absolute Gasteiger partial charge is 0.467 e. The number of esters is 1. The minimum Gasteiger partial charge on any atom is -0.467 e. The lowest BCUT2D eigenvalue weighted by molar-refractivity contribution is -0.459. The molecule has 0 aromatic heterocycles. The van der Waals surface area contributed by atoms with Crippen LogP contribution in [0.2, 0.25) is 0 Å². The molecule has 0 bridgehead atoms. The van der Waals surface area contributed by atoms with Crippen molar-refractivity contribution in [1.29, 1.82) is 0 Å². The van der Waals surface area contributed by atoms with Crippen molar-refractivity contribution in [3.63, 3.8) is 0 Å². The first-order chi connectivity index (χ1) is 14.0. The van der Waals surface area contributed by atoms with E-state index in [-0.39, 0.29) is 11.9 Å². The molecular weight excluding hydrogens is 392 g/mol. The van der Waals surface area contributed by atoms with E-state index >= 15 is 0 Å². The number of amides is 2. The molecule has 8 N–H and O–H groups in total. The van der Waals surface area contributed by atoms with E-state index in [1.54, 1.807) is 27.8 Å². The molecule has 0 aromatic carbocycles. The fourth-order valence-electron chi connectivity index (χ4n) is 2.59. The van der Waals surface area contributed by atoms with Crippen molar-refractivity contribution < 1.29 is 28.8 Å². The molecular formula is C19H39N6O5+. The summed E-state index contributed by atoms with van der Waals surface area (Å²) in [5, 5.41) is 8.36. The van der Waals surface area contributed by atoms with Crippen LogP contribution in [0.15, 0.2) is 0 Å². The van der Waals surface area contributed by atoms with Crippen LogP contribution in [0.4, 0.5) is 4.79 Å². The number of likely N-dealkylation sites (N-methyl/N-ethyl adjacent to an activating group) is 1. The van der Waals surface area contributed by atoms with Crippen molar-refractivity contribution in [2.45, 2.75) is 70.6 Å². The minimum atomic E-state index is -0.756. The van der Waals surface area contributed by atoms with Gasteiger partial charge in [-0.15, -0.1) is 0 Å². The smallest absolute Gasteiger partial charge is 0.407 e. The van der Waals surface area contributed by atoms with Gasteiger partial charge in [0.15, 0.2) is 0 Å². The Bertz CT molecular complexity index is 572. The third-order valence-corrected chi connectivity index (χ3v) is 4.05. The molecule has 0 saturated carbocycles. The van der Waals surface area contributed by atoms with Crippen LogP contribution in [-0.4, -0.2) is 68.9 Å². The summed E-state index contributed by atoms with van der Waals surface area (Å²) in [6.45, 7) is 6.32. The Morgan fingerprint density at radius 1 is 1.03 bits per heavy atom. The lowest BCUT2D eigenvalue weighted by Gasteiger charge is -2.21. The standard InChI is InChI=1S/C19H38N6O5/c1-19(2,3)30-18(28)24-11-7-6-9-13(22-4)15(26)25-14(16(27)29-5)10-8-12-23-17(20)21/h13-14,22H,6-12H2,1-5H3,(H,24,28)(H,25,26)(H4,20,21,23)/p+1. The topological polar surface area (TPSA) is 172 Å². The molecule has 174 valence electrons. The number of nitrogens with one attached hydrogen (secondary N) is 4. The quantitative estimate of drug-likeness (QED) is 0.0846. The van der Waals surface area contributed by atoms with Crippen LogP contribution in [0, 0.1) is 0 Å². The van der Waals surface area contributed by atoms with Gasteiger partial charge < -0.3 is 25.4 Å². The highest BCUT2D eigenvalue weighted by atomic mass is 16.6. The number of methoxy groups -OCH3 is 1. The van der Waals surface area contributed by atoms with Crippen LogP contribution in [-0.2, 0) is 19.1 Å². The summed E-state index contributed by atoms with van der Waals surface area (Å²) in [4.78, 5) is 38.9. The molecule has 30 heavy (non-hydrogen) atoms. The first kappa shape index (κ1) is 27.4. The highest BCUT2D eigenvalue weighted by molar-refractivity contribution is 5.87. The van der Waals surface area contributed by atoms with Crippen LogP contribution in [0.25, 0.3) is 0 Å². The van der Waals surface area contributed by atoms with E-state index in [2.05, 4.69) is 20.9 Å². The Morgan fingerprint density at radius 3 is 2.20 bits per heavy atom. The van der Waals surface area contributed by atoms with Gasteiger partial charge in [-0.2, -0.15) is 0 Å². The minimum absolute atomic E-state index is 0.102. The van der Waals surface area contributed by atoms with Crippen LogP contribution < -0.4 is 32.4 Å². The van der Waals surface area contributed by atoms with Crippen LogP contribution >= 0.6 is 0 Å². The molecule has 0 spiro atoms. The lowest BCUT2D eigenvalue weighted by Crippen LogP contribution is -2.78. The van der Waals surface area contributed by atoms with Gasteiger partial charge in [0.1, 0.15) is 11.6 Å². The van der Waals surface area contributed by atoms with Gasteiger partial charge in [0.25, 0.3) is 0 Å². The number of guanidine groups is 1. The van der Waals surface area contributed by atoms with Crippen molar-refractivity contribution in [2.24, 2.45) is 11.5 Å². The van der Waals surface area contributed by atoms with Crippen molar-refractivity contribution in [1.82, 2.24) is 16.0 Å². The summed E-state index contributed by atoms with van der Waals surface area (Å²) in [6, 6.07) is -1.22. The van der Waals surface area contributed by atoms with Gasteiger partial charge in [0.2, 0.25) is 5.91 Å². The molecule has 2 unspecified atom stereocenters. The van der Waals surface area contributed by atoms with E-state index in [1.807, 2.05) is 0 Å². The first-order valence-electron chi connectivity index (χ1n) is 10.1. The molecule has 0 aliphatic heterocycles. The number of ether oxygens (including phenoxy) is 2. The maximum Gasteiger partial charge on any atom is 0.407 e. The van der Waals surface area contributed by atoms with Crippen molar-refractivity contribution in [3.05, 3.63) is 0 Å². The predicted octanol–water partition coefficient (Wildman–Crippen LogP) is -1.94. The van der Waals surface area contributed by atoms with Gasteiger partial charge in [0, 0.05) is 6.54 Å². The van der Waals surface area contributed by atoms with Crippen molar-refractivity contribution in [2.75, 3.05) is 27.2 Å². The normalized spacial score (nSPS) is 13.0. The summed E-state index contributed by atoms with van der Waals surface area (Å²) >= 11 is 0. The van der Waals surface area contributed by atoms with Crippen LogP contribution in [0.3, 0.4) is 0 Å². The second kappa shape index (κ2) is 14.4. The van der Waals surface area contributed by atoms with Gasteiger partial charge in [-0.05, 0) is 59.9 Å². The Labute approximate surface area is 178 Å². The van der Waals surface area contributed by atoms with Gasteiger partial charge in [0.05, 0.1) is 19.7 Å². The maximum absolute atomic E-state index is 12.5. The van der Waals surface area contributed by atoms with E-state index in [0.717, 1.165) is 0 Å². The van der Waals surface area contributed by atoms with E-state index in [1.165, 1.54) is 7.11 Å². The number of nitrogens with two attached hydrogens (primary N) is 2. The van der Waals surface area contributed by atoms with Gasteiger partial charge in [-0.3, -0.25) is 21.3 Å². The van der Waals surface area contributed by atoms with Gasteiger partial charge in [-0.25, -0.2) is 9.59 Å². The average molecular weight is 432 g/mol. The van der Waals surface area contributed by atoms with Crippen molar-refractivity contribution >= 4 is 23.9 Å². The zero-order valence-electron chi connectivity index (χ0n) is 18.8. The highest BCUT2D eigenvalue weighted by Crippen LogP contribution is 2.07. The van der Waals surface area contributed by atoms with Crippen molar-refractivity contribution in [3.8, 4) is 0 Å². The monoisotopic (exact) mass is 431 g/mol. The molecule has 11 heteroatoms. The Balaban J connectivity index is 4.42. The van der Waals surface area contributed by atoms with E-state index < -0.39 is 29.7 Å². The number of hydrogen-bond donors (Lipinski definition) is 6. The zero-order valence-corrected chi connectivity index (χ0v) is 18.8. The molecule has 2 atom stereocenters. The molecule has 0 rings (SSSR count). The number of hydrogen-bond acceptors (Lipinski definition) is 6. The Morgan fingerprint density at radius 2 is 1.67 bits per heavy atom. The fourth-order valence-corrected chi connectivity index (χ4v) is 2.59. The number of carbonyl (C=O) groups is 3. The van der Waals surface area contributed by atoms with Crippen LogP contribution in [0.5, 0.6) is 0 Å². The fraction of sp³-hybridized carbons (Fsp3) is 0.789. The average Bonchev–Trinajstić information content (AvgIpc) is 2.64. The second-order valence-electron chi connectivity index (χ2n) is 7.87.